The van der Waals surface area contributed by atoms with Crippen molar-refractivity contribution >= 4 is 108 Å². The van der Waals surface area contributed by atoms with E-state index in [-0.39, 0.29) is 36.9 Å². The van der Waals surface area contributed by atoms with E-state index in [0.717, 1.165) is 25.7 Å². The molecule has 0 aromatic heterocycles. The van der Waals surface area contributed by atoms with Crippen molar-refractivity contribution in [1.82, 2.24) is 10.6 Å². The second-order valence-electron chi connectivity index (χ2n) is 9.86. The van der Waals surface area contributed by atoms with Crippen molar-refractivity contribution in [2.24, 2.45) is 5.73 Å². The van der Waals surface area contributed by atoms with Crippen molar-refractivity contribution in [3.05, 3.63) is 76.2 Å². The summed E-state index contributed by atoms with van der Waals surface area (Å²) in [6.07, 6.45) is 5.81. The van der Waals surface area contributed by atoms with Gasteiger partial charge in [-0.25, -0.2) is 0 Å². The van der Waals surface area contributed by atoms with Gasteiger partial charge in [0, 0.05) is 42.8 Å². The van der Waals surface area contributed by atoms with E-state index in [0.29, 0.717) is 23.7 Å². The van der Waals surface area contributed by atoms with Crippen LogP contribution in [0.1, 0.15) is 73.1 Å². The van der Waals surface area contributed by atoms with Gasteiger partial charge in [-0.05, 0) is 56.4 Å². The zero-order valence-corrected chi connectivity index (χ0v) is 35.8. The van der Waals surface area contributed by atoms with E-state index >= 15 is 0 Å². The quantitative estimate of drug-likeness (QED) is 0.0851. The molecule has 0 aliphatic heterocycles. The maximum atomic E-state index is 11.5. The van der Waals surface area contributed by atoms with Gasteiger partial charge in [0.25, 0.3) is 11.8 Å². The van der Waals surface area contributed by atoms with Gasteiger partial charge in [-0.3, -0.25) is 18.8 Å². The van der Waals surface area contributed by atoms with Crippen molar-refractivity contribution in [2.45, 2.75) is 63.0 Å². The number of ether oxygens (including phenoxy) is 1. The first-order valence-corrected chi connectivity index (χ1v) is 18.5. The van der Waals surface area contributed by atoms with Gasteiger partial charge in [0.15, 0.2) is 0 Å². The summed E-state index contributed by atoms with van der Waals surface area (Å²) >= 11 is 9.47. The van der Waals surface area contributed by atoms with Crippen LogP contribution in [0.25, 0.3) is 0 Å². The molecule has 0 heterocycles. The number of aliphatic hydroxyl groups is 2. The number of methoxy groups -OCH3 is 1. The Morgan fingerprint density at radius 2 is 1.24 bits per heavy atom. The normalized spacial score (nSPS) is 14.2. The number of hydrogen-bond acceptors (Lipinski definition) is 7. The fourth-order valence-corrected chi connectivity index (χ4v) is 2.52. The van der Waals surface area contributed by atoms with Gasteiger partial charge in [0.2, 0.25) is 0 Å². The number of carbonyl (C=O) groups is 3. The Labute approximate surface area is 334 Å². The van der Waals surface area contributed by atoms with E-state index in [1.807, 2.05) is 24.3 Å². The predicted molar refractivity (Wildman–Crippen MR) is 211 cm³/mol. The maximum absolute atomic E-state index is 11.5. The van der Waals surface area contributed by atoms with Crippen LogP contribution in [-0.2, 0) is 28.1 Å². The number of nitrogens with two attached hydrogens (primary N) is 1. The molecule has 2 aliphatic carbocycles. The molecule has 2 saturated carbocycles. The molecule has 45 heavy (non-hydrogen) atoms. The minimum atomic E-state index is -0.621. The van der Waals surface area contributed by atoms with Crippen LogP contribution in [0.15, 0.2) is 60.7 Å². The molecule has 1 radical (unpaired) electrons. The van der Waals surface area contributed by atoms with Gasteiger partial charge in [-0.15, -0.1) is 0 Å². The van der Waals surface area contributed by atoms with Gasteiger partial charge in [0.05, 0.1) is 18.3 Å². The SMILES string of the molecule is CCC(I)(I)I.CC[CH-]I.COC(=O)CNC(=O)c1ccccc1.NCC1(O)CC1.O=C(NCC1(O)CC1)c1ccccc1.[V]. The van der Waals surface area contributed by atoms with Crippen molar-refractivity contribution in [2.75, 3.05) is 26.7 Å². The molecule has 0 bridgehead atoms. The molecule has 6 N–H and O–H groups in total. The Morgan fingerprint density at radius 3 is 1.51 bits per heavy atom. The van der Waals surface area contributed by atoms with Crippen LogP contribution in [0.2, 0.25) is 0 Å². The predicted octanol–water partition coefficient (Wildman–Crippen LogP) is 6.35. The summed E-state index contributed by atoms with van der Waals surface area (Å²) in [4.78, 5) is 33.6. The van der Waals surface area contributed by atoms with E-state index in [9.17, 15) is 19.5 Å². The first-order chi connectivity index (χ1) is 20.7. The third-order valence-corrected chi connectivity index (χ3v) is 9.03. The molecular weight excluding hydrogens is 1070 g/mol. The van der Waals surface area contributed by atoms with Crippen LogP contribution in [0.3, 0.4) is 0 Å². The number of rotatable bonds is 9. The van der Waals surface area contributed by atoms with E-state index in [1.165, 1.54) is 20.0 Å². The summed E-state index contributed by atoms with van der Waals surface area (Å²) in [5, 5.41) is 23.5. The van der Waals surface area contributed by atoms with Gasteiger partial charge in [-0.2, -0.15) is 6.42 Å². The molecule has 9 nitrogen and oxygen atoms in total. The maximum Gasteiger partial charge on any atom is 0.325 e. The number of alkyl halides is 3. The second-order valence-corrected chi connectivity index (χ2v) is 22.5. The third-order valence-electron chi connectivity index (χ3n) is 5.86. The topological polar surface area (TPSA) is 151 Å². The molecule has 0 unspecified atom stereocenters. The molecule has 2 aromatic carbocycles. The molecule has 2 amide bonds. The van der Waals surface area contributed by atoms with Crippen molar-refractivity contribution < 1.29 is 47.9 Å². The van der Waals surface area contributed by atoms with Crippen LogP contribution in [-0.4, -0.2) is 65.4 Å². The number of halogens is 4. The second kappa shape index (κ2) is 26.1. The Morgan fingerprint density at radius 1 is 0.867 bits per heavy atom. The molecule has 2 fully saturated rings. The molecule has 2 aliphatic rings. The monoisotopic (exact) mass is 1110 g/mol. The minimum absolute atomic E-state index is 0. The Kier molecular flexibility index (Phi) is 27.5. The zero-order valence-electron chi connectivity index (χ0n) is 25.8. The Bertz CT molecular complexity index is 1080. The van der Waals surface area contributed by atoms with Crippen LogP contribution >= 0.6 is 90.4 Å². The number of benzene rings is 2. The first kappa shape index (κ1) is 47.4. The minimum Gasteiger partial charge on any atom is -0.468 e. The number of esters is 1. The summed E-state index contributed by atoms with van der Waals surface area (Å²) in [5.74, 6) is -0.865. The molecule has 0 atom stereocenters. The summed E-state index contributed by atoms with van der Waals surface area (Å²) in [6.45, 7) is 5.00. The summed E-state index contributed by atoms with van der Waals surface area (Å²) in [7, 11) is 1.27. The van der Waals surface area contributed by atoms with Crippen molar-refractivity contribution in [3.8, 4) is 0 Å². The molecule has 14 heteroatoms. The number of hydrogen-bond donors (Lipinski definition) is 5. The van der Waals surface area contributed by atoms with Crippen LogP contribution in [0.4, 0.5) is 0 Å². The molecule has 2 aromatic rings. The largest absolute Gasteiger partial charge is 0.468 e. The van der Waals surface area contributed by atoms with Crippen molar-refractivity contribution in [3.63, 3.8) is 0 Å². The van der Waals surface area contributed by atoms with Gasteiger partial charge >= 0.3 is 5.97 Å². The standard InChI is InChI=1S/C11H13NO2.C10H11NO3.C4H9NO.C3H5I3.C3H6I.V/c13-10(9-4-2-1-3-5-9)12-8-11(14)6-7-11;1-14-9(12)7-11-10(13)8-5-3-2-4-6-8;5-3-4(6)1-2-4;1-2-3(4,5)6;1-2-3-4;/h1-5,14H,6-8H2,(H,12,13);2-6H,7H2,1H3,(H,11,13);6H,1-3,5H2;2H2,1H3;3H,2H2,1H3;/q;;;;-1;. The number of amides is 2. The molecular formula is C31H44I4N3O6V-. The average Bonchev–Trinajstić information content (AvgIpc) is 3.98. The summed E-state index contributed by atoms with van der Waals surface area (Å²) < 4.78 is 6.93. The summed E-state index contributed by atoms with van der Waals surface area (Å²) in [5.41, 5.74) is 5.23. The summed E-state index contributed by atoms with van der Waals surface area (Å²) in [6, 6.07) is 17.7. The van der Waals surface area contributed by atoms with E-state index in [2.05, 4.69) is 124 Å². The van der Waals surface area contributed by atoms with E-state index in [4.69, 9.17) is 10.8 Å². The molecule has 253 valence electrons. The Hall–Kier alpha value is 0.234. The van der Waals surface area contributed by atoms with E-state index < -0.39 is 17.2 Å². The number of carbonyl (C=O) groups excluding carboxylic acids is 3. The number of nitrogens with one attached hydrogen (secondary N) is 2. The van der Waals surface area contributed by atoms with Crippen molar-refractivity contribution in [1.29, 1.82) is 0 Å². The molecule has 4 rings (SSSR count). The van der Waals surface area contributed by atoms with Crippen LogP contribution < -0.4 is 16.4 Å². The van der Waals surface area contributed by atoms with Gasteiger partial charge in [0.1, 0.15) is 5.98 Å². The molecule has 0 saturated heterocycles. The van der Waals surface area contributed by atoms with Gasteiger partial charge in [-0.1, -0.05) is 118 Å². The first-order valence-electron chi connectivity index (χ1n) is 14.0. The van der Waals surface area contributed by atoms with Crippen LogP contribution in [0, 0.1) is 4.43 Å². The average molecular weight is 1110 g/mol. The van der Waals surface area contributed by atoms with Crippen LogP contribution in [0.5, 0.6) is 0 Å². The molecule has 0 spiro atoms. The zero-order chi connectivity index (χ0) is 33.7. The van der Waals surface area contributed by atoms with E-state index in [1.54, 1.807) is 36.4 Å². The fraction of sp³-hybridized carbons (Fsp3) is 0.484. The smallest absolute Gasteiger partial charge is 0.325 e. The van der Waals surface area contributed by atoms with Gasteiger partial charge < -0.3 is 53.9 Å². The Balaban J connectivity index is 0. The fourth-order valence-electron chi connectivity index (χ4n) is 2.52. The third kappa shape index (κ3) is 26.8.